The van der Waals surface area contributed by atoms with E-state index in [0.717, 1.165) is 6.07 Å². The van der Waals surface area contributed by atoms with Crippen molar-refractivity contribution in [2.45, 2.75) is 19.4 Å². The molecular formula is C12H16N4O4. The van der Waals surface area contributed by atoms with Crippen LogP contribution in [0.3, 0.4) is 0 Å². The number of carbonyl (C=O) groups excluding carboxylic acids is 2. The van der Waals surface area contributed by atoms with Gasteiger partial charge in [-0.15, -0.1) is 0 Å². The van der Waals surface area contributed by atoms with Gasteiger partial charge in [0.05, 0.1) is 4.92 Å². The van der Waals surface area contributed by atoms with Crippen LogP contribution in [-0.2, 0) is 4.79 Å². The Bertz CT molecular complexity index is 569. The molecule has 108 valence electrons. The van der Waals surface area contributed by atoms with E-state index in [9.17, 15) is 19.7 Å². The molecule has 0 bridgehead atoms. The summed E-state index contributed by atoms with van der Waals surface area (Å²) in [6.07, 6.45) is 0. The SMILES string of the molecule is CNC(=O)c1ccc(NC(C)(C)C(N)=O)c([N+](=O)[O-])c1. The van der Waals surface area contributed by atoms with Crippen molar-refractivity contribution in [3.63, 3.8) is 0 Å². The van der Waals surface area contributed by atoms with Gasteiger partial charge < -0.3 is 16.4 Å². The molecule has 0 heterocycles. The third-order valence-corrected chi connectivity index (χ3v) is 2.75. The minimum absolute atomic E-state index is 0.117. The molecule has 1 aromatic rings. The average molecular weight is 280 g/mol. The standard InChI is InChI=1S/C12H16N4O4/c1-12(2,11(13)18)15-8-5-4-7(10(17)14-3)6-9(8)16(19)20/h4-6,15H,1-3H3,(H2,13,18)(H,14,17). The van der Waals surface area contributed by atoms with Crippen molar-refractivity contribution in [2.75, 3.05) is 12.4 Å². The zero-order valence-corrected chi connectivity index (χ0v) is 11.4. The number of rotatable bonds is 5. The number of benzene rings is 1. The van der Waals surface area contributed by atoms with Crippen LogP contribution in [0, 0.1) is 10.1 Å². The lowest BCUT2D eigenvalue weighted by Crippen LogP contribution is -2.45. The molecule has 0 aliphatic rings. The normalized spacial score (nSPS) is 10.8. The predicted molar refractivity (Wildman–Crippen MR) is 73.4 cm³/mol. The van der Waals surface area contributed by atoms with Crippen LogP contribution in [-0.4, -0.2) is 29.3 Å². The van der Waals surface area contributed by atoms with Gasteiger partial charge in [0.2, 0.25) is 5.91 Å². The molecule has 4 N–H and O–H groups in total. The number of nitrogens with one attached hydrogen (secondary N) is 2. The van der Waals surface area contributed by atoms with Crippen molar-refractivity contribution in [3.05, 3.63) is 33.9 Å². The Morgan fingerprint density at radius 2 is 1.95 bits per heavy atom. The van der Waals surface area contributed by atoms with E-state index in [1.165, 1.54) is 33.0 Å². The number of hydrogen-bond donors (Lipinski definition) is 3. The van der Waals surface area contributed by atoms with Gasteiger partial charge in [0, 0.05) is 18.7 Å². The molecule has 8 heteroatoms. The van der Waals surface area contributed by atoms with Gasteiger partial charge in [0.25, 0.3) is 11.6 Å². The number of primary amides is 1. The van der Waals surface area contributed by atoms with Crippen LogP contribution < -0.4 is 16.4 Å². The molecule has 1 aromatic carbocycles. The zero-order chi connectivity index (χ0) is 15.5. The summed E-state index contributed by atoms with van der Waals surface area (Å²) in [5, 5.41) is 16.1. The highest BCUT2D eigenvalue weighted by atomic mass is 16.6. The minimum atomic E-state index is -1.15. The minimum Gasteiger partial charge on any atom is -0.368 e. The van der Waals surface area contributed by atoms with Gasteiger partial charge in [-0.25, -0.2) is 0 Å². The molecule has 0 saturated carbocycles. The summed E-state index contributed by atoms with van der Waals surface area (Å²) in [4.78, 5) is 33.1. The number of nitrogens with two attached hydrogens (primary N) is 1. The summed E-state index contributed by atoms with van der Waals surface area (Å²) in [5.41, 5.74) is 4.02. The van der Waals surface area contributed by atoms with Crippen LogP contribution in [0.4, 0.5) is 11.4 Å². The summed E-state index contributed by atoms with van der Waals surface area (Å²) in [5.74, 6) is -1.09. The zero-order valence-electron chi connectivity index (χ0n) is 11.4. The third-order valence-electron chi connectivity index (χ3n) is 2.75. The molecule has 0 spiro atoms. The smallest absolute Gasteiger partial charge is 0.293 e. The van der Waals surface area contributed by atoms with Crippen molar-refractivity contribution in [2.24, 2.45) is 5.73 Å². The Morgan fingerprint density at radius 3 is 2.40 bits per heavy atom. The summed E-state index contributed by atoms with van der Waals surface area (Å²) >= 11 is 0. The van der Waals surface area contributed by atoms with Crippen molar-refractivity contribution in [1.29, 1.82) is 0 Å². The van der Waals surface area contributed by atoms with Crippen molar-refractivity contribution in [3.8, 4) is 0 Å². The van der Waals surface area contributed by atoms with Crippen LogP contribution in [0.15, 0.2) is 18.2 Å². The molecule has 1 rings (SSSR count). The molecule has 0 unspecified atom stereocenters. The summed E-state index contributed by atoms with van der Waals surface area (Å²) in [6.45, 7) is 3.01. The first-order valence-electron chi connectivity index (χ1n) is 5.77. The Balaban J connectivity index is 3.24. The van der Waals surface area contributed by atoms with E-state index in [2.05, 4.69) is 10.6 Å². The van der Waals surface area contributed by atoms with Crippen LogP contribution in [0.25, 0.3) is 0 Å². The van der Waals surface area contributed by atoms with Gasteiger partial charge in [-0.3, -0.25) is 19.7 Å². The molecule has 0 aliphatic carbocycles. The highest BCUT2D eigenvalue weighted by molar-refractivity contribution is 5.96. The number of anilines is 1. The van der Waals surface area contributed by atoms with Crippen LogP contribution in [0.2, 0.25) is 0 Å². The lowest BCUT2D eigenvalue weighted by Gasteiger charge is -2.23. The second kappa shape index (κ2) is 5.55. The van der Waals surface area contributed by atoms with Crippen LogP contribution in [0.5, 0.6) is 0 Å². The number of amides is 2. The fourth-order valence-electron chi connectivity index (χ4n) is 1.47. The number of nitro benzene ring substituents is 1. The fraction of sp³-hybridized carbons (Fsp3) is 0.333. The highest BCUT2D eigenvalue weighted by Gasteiger charge is 2.28. The van der Waals surface area contributed by atoms with E-state index >= 15 is 0 Å². The maximum Gasteiger partial charge on any atom is 0.293 e. The van der Waals surface area contributed by atoms with Crippen LogP contribution >= 0.6 is 0 Å². The Morgan fingerprint density at radius 1 is 1.35 bits per heavy atom. The Hall–Kier alpha value is -2.64. The van der Waals surface area contributed by atoms with Crippen molar-refractivity contribution >= 4 is 23.2 Å². The molecule has 0 aliphatic heterocycles. The van der Waals surface area contributed by atoms with Crippen molar-refractivity contribution < 1.29 is 14.5 Å². The van der Waals surface area contributed by atoms with Gasteiger partial charge in [-0.1, -0.05) is 0 Å². The number of nitrogens with zero attached hydrogens (tertiary/aromatic N) is 1. The predicted octanol–water partition coefficient (Wildman–Crippen LogP) is 0.630. The van der Waals surface area contributed by atoms with Crippen molar-refractivity contribution in [1.82, 2.24) is 5.32 Å². The summed E-state index contributed by atoms with van der Waals surface area (Å²) in [7, 11) is 1.43. The van der Waals surface area contributed by atoms with E-state index in [-0.39, 0.29) is 16.9 Å². The van der Waals surface area contributed by atoms with Gasteiger partial charge in [0.1, 0.15) is 11.2 Å². The van der Waals surface area contributed by atoms with Gasteiger partial charge in [0.15, 0.2) is 0 Å². The lowest BCUT2D eigenvalue weighted by molar-refractivity contribution is -0.384. The first-order valence-corrected chi connectivity index (χ1v) is 5.77. The number of hydrogen-bond acceptors (Lipinski definition) is 5. The summed E-state index contributed by atoms with van der Waals surface area (Å²) < 4.78 is 0. The molecule has 0 saturated heterocycles. The molecule has 0 radical (unpaired) electrons. The molecule has 2 amide bonds. The molecular weight excluding hydrogens is 264 g/mol. The maximum atomic E-state index is 11.5. The van der Waals surface area contributed by atoms with E-state index in [0.29, 0.717) is 0 Å². The van der Waals surface area contributed by atoms with Crippen LogP contribution in [0.1, 0.15) is 24.2 Å². The molecule has 0 aromatic heterocycles. The van der Waals surface area contributed by atoms with E-state index < -0.39 is 22.3 Å². The van der Waals surface area contributed by atoms with Gasteiger partial charge in [-0.05, 0) is 26.0 Å². The number of nitro groups is 1. The average Bonchev–Trinajstić information content (AvgIpc) is 2.37. The monoisotopic (exact) mass is 280 g/mol. The quantitative estimate of drug-likeness (QED) is 0.538. The van der Waals surface area contributed by atoms with E-state index in [1.807, 2.05) is 0 Å². The molecule has 8 nitrogen and oxygen atoms in total. The third kappa shape index (κ3) is 3.22. The lowest BCUT2D eigenvalue weighted by atomic mass is 10.0. The molecule has 20 heavy (non-hydrogen) atoms. The second-order valence-corrected chi connectivity index (χ2v) is 4.68. The Kier molecular flexibility index (Phi) is 4.28. The fourth-order valence-corrected chi connectivity index (χ4v) is 1.47. The molecule has 0 atom stereocenters. The van der Waals surface area contributed by atoms with E-state index in [4.69, 9.17) is 5.73 Å². The topological polar surface area (TPSA) is 127 Å². The Labute approximate surface area is 115 Å². The first-order chi connectivity index (χ1) is 9.19. The molecule has 0 fully saturated rings. The largest absolute Gasteiger partial charge is 0.368 e. The maximum absolute atomic E-state index is 11.5. The highest BCUT2D eigenvalue weighted by Crippen LogP contribution is 2.28. The second-order valence-electron chi connectivity index (χ2n) is 4.68. The summed E-state index contributed by atoms with van der Waals surface area (Å²) in [6, 6.07) is 3.93. The first kappa shape index (κ1) is 15.4. The number of carbonyl (C=O) groups is 2. The van der Waals surface area contributed by atoms with Gasteiger partial charge in [-0.2, -0.15) is 0 Å². The van der Waals surface area contributed by atoms with E-state index in [1.54, 1.807) is 0 Å². The van der Waals surface area contributed by atoms with Gasteiger partial charge >= 0.3 is 0 Å².